The molecule has 0 saturated heterocycles. The average Bonchev–Trinajstić information content (AvgIpc) is 2.92. The molecule has 3 rings (SSSR count). The Hall–Kier alpha value is -1.91. The van der Waals surface area contributed by atoms with Crippen molar-refractivity contribution in [2.75, 3.05) is 0 Å². The number of rotatable bonds is 4. The molecule has 3 N–H and O–H groups in total. The van der Waals surface area contributed by atoms with E-state index in [0.29, 0.717) is 6.04 Å². The summed E-state index contributed by atoms with van der Waals surface area (Å²) < 4.78 is 1.64. The van der Waals surface area contributed by atoms with Gasteiger partial charge in [0.25, 0.3) is 5.56 Å². The first kappa shape index (κ1) is 14.0. The highest BCUT2D eigenvalue weighted by molar-refractivity contribution is 5.35. The maximum Gasteiger partial charge on any atom is 0.255 e. The van der Waals surface area contributed by atoms with Crippen molar-refractivity contribution >= 4 is 0 Å². The quantitative estimate of drug-likeness (QED) is 0.899. The van der Waals surface area contributed by atoms with E-state index in [9.17, 15) is 4.79 Å². The minimum Gasteiger partial charge on any atom is -0.326 e. The van der Waals surface area contributed by atoms with Gasteiger partial charge in [-0.25, -0.2) is 0 Å². The van der Waals surface area contributed by atoms with E-state index in [-0.39, 0.29) is 11.6 Å². The number of nitrogens with two attached hydrogens (primary N) is 1. The van der Waals surface area contributed by atoms with E-state index in [1.807, 2.05) is 18.2 Å². The van der Waals surface area contributed by atoms with Crippen LogP contribution in [0.25, 0.3) is 5.69 Å². The van der Waals surface area contributed by atoms with Crippen LogP contribution in [-0.4, -0.2) is 16.7 Å². The molecule has 1 heterocycles. The zero-order valence-corrected chi connectivity index (χ0v) is 12.0. The van der Waals surface area contributed by atoms with E-state index in [2.05, 4.69) is 17.4 Å². The highest BCUT2D eigenvalue weighted by Crippen LogP contribution is 2.17. The second-order valence-corrected chi connectivity index (χ2v) is 5.66. The second kappa shape index (κ2) is 6.24. The summed E-state index contributed by atoms with van der Waals surface area (Å²) in [5, 5.41) is 3.52. The van der Waals surface area contributed by atoms with E-state index in [1.165, 1.54) is 18.4 Å². The zero-order valence-electron chi connectivity index (χ0n) is 12.0. The summed E-state index contributed by atoms with van der Waals surface area (Å²) in [7, 11) is 0. The third-order valence-corrected chi connectivity index (χ3v) is 4.17. The molecule has 1 aromatic heterocycles. The fraction of sp³-hybridized carbons (Fsp3) is 0.353. The summed E-state index contributed by atoms with van der Waals surface area (Å²) in [4.78, 5) is 11.8. The van der Waals surface area contributed by atoms with Crippen LogP contribution < -0.4 is 16.6 Å². The first-order chi connectivity index (χ1) is 10.2. The Morgan fingerprint density at radius 2 is 1.95 bits per heavy atom. The largest absolute Gasteiger partial charge is 0.326 e. The molecule has 2 aromatic rings. The highest BCUT2D eigenvalue weighted by Gasteiger charge is 2.22. The summed E-state index contributed by atoms with van der Waals surface area (Å²) in [5.74, 6) is 0. The van der Waals surface area contributed by atoms with Gasteiger partial charge >= 0.3 is 0 Å². The Balaban J connectivity index is 1.67. The zero-order chi connectivity index (χ0) is 14.7. The second-order valence-electron chi connectivity index (χ2n) is 5.66. The lowest BCUT2D eigenvalue weighted by Gasteiger charge is -2.17. The molecule has 110 valence electrons. The van der Waals surface area contributed by atoms with Crippen LogP contribution in [0.4, 0.5) is 0 Å². The number of nitrogens with one attached hydrogen (secondary N) is 1. The molecule has 0 bridgehead atoms. The van der Waals surface area contributed by atoms with Crippen LogP contribution in [0, 0.1) is 0 Å². The van der Waals surface area contributed by atoms with Crippen LogP contribution in [0.1, 0.15) is 24.8 Å². The van der Waals surface area contributed by atoms with E-state index >= 15 is 0 Å². The van der Waals surface area contributed by atoms with Crippen LogP contribution in [0.15, 0.2) is 53.5 Å². The molecule has 4 heteroatoms. The minimum atomic E-state index is -0.0136. The SMILES string of the molecule is NC1CCCC1NCc1ccc(-n2ccccc2=O)cc1. The van der Waals surface area contributed by atoms with Gasteiger partial charge < -0.3 is 11.1 Å². The fourth-order valence-corrected chi connectivity index (χ4v) is 2.91. The maximum atomic E-state index is 11.8. The van der Waals surface area contributed by atoms with E-state index < -0.39 is 0 Å². The molecule has 0 amide bonds. The third-order valence-electron chi connectivity index (χ3n) is 4.17. The topological polar surface area (TPSA) is 60.0 Å². The van der Waals surface area contributed by atoms with Crippen molar-refractivity contribution in [2.24, 2.45) is 5.73 Å². The summed E-state index contributed by atoms with van der Waals surface area (Å²) >= 11 is 0. The normalized spacial score (nSPS) is 21.6. The van der Waals surface area contributed by atoms with E-state index in [4.69, 9.17) is 5.73 Å². The van der Waals surface area contributed by atoms with Gasteiger partial charge in [0.2, 0.25) is 0 Å². The number of benzene rings is 1. The van der Waals surface area contributed by atoms with Gasteiger partial charge in [0.1, 0.15) is 0 Å². The third kappa shape index (κ3) is 3.23. The summed E-state index contributed by atoms with van der Waals surface area (Å²) in [5.41, 5.74) is 8.15. The Kier molecular flexibility index (Phi) is 4.18. The van der Waals surface area contributed by atoms with Crippen molar-refractivity contribution in [3.63, 3.8) is 0 Å². The monoisotopic (exact) mass is 283 g/mol. The smallest absolute Gasteiger partial charge is 0.255 e. The molecule has 1 aliphatic rings. The number of hydrogen-bond donors (Lipinski definition) is 2. The molecule has 1 saturated carbocycles. The van der Waals surface area contributed by atoms with Gasteiger partial charge in [-0.3, -0.25) is 9.36 Å². The first-order valence-electron chi connectivity index (χ1n) is 7.50. The van der Waals surface area contributed by atoms with Gasteiger partial charge in [-0.2, -0.15) is 0 Å². The summed E-state index contributed by atoms with van der Waals surface area (Å²) in [6.45, 7) is 0.822. The van der Waals surface area contributed by atoms with Crippen molar-refractivity contribution in [3.8, 4) is 5.69 Å². The number of hydrogen-bond acceptors (Lipinski definition) is 3. The van der Waals surface area contributed by atoms with Crippen molar-refractivity contribution < 1.29 is 0 Å². The van der Waals surface area contributed by atoms with Gasteiger partial charge in [-0.1, -0.05) is 24.6 Å². The molecular formula is C17H21N3O. The molecule has 0 aliphatic heterocycles. The standard InChI is InChI=1S/C17H21N3O/c18-15-4-3-5-16(15)19-12-13-7-9-14(10-8-13)20-11-2-1-6-17(20)21/h1-2,6-11,15-16,19H,3-5,12,18H2. The molecular weight excluding hydrogens is 262 g/mol. The Labute approximate surface area is 124 Å². The van der Waals surface area contributed by atoms with Gasteiger partial charge in [-0.05, 0) is 36.6 Å². The van der Waals surface area contributed by atoms with Gasteiger partial charge in [0, 0.05) is 36.6 Å². The summed E-state index contributed by atoms with van der Waals surface area (Å²) in [6, 6.07) is 14.0. The van der Waals surface area contributed by atoms with Crippen molar-refractivity contribution in [3.05, 3.63) is 64.6 Å². The molecule has 1 aliphatic carbocycles. The highest BCUT2D eigenvalue weighted by atomic mass is 16.1. The van der Waals surface area contributed by atoms with Crippen molar-refractivity contribution in [1.82, 2.24) is 9.88 Å². The predicted octanol–water partition coefficient (Wildman–Crippen LogP) is 1.81. The lowest BCUT2D eigenvalue weighted by atomic mass is 10.1. The Morgan fingerprint density at radius 3 is 2.62 bits per heavy atom. The lowest BCUT2D eigenvalue weighted by molar-refractivity contribution is 0.475. The van der Waals surface area contributed by atoms with Crippen molar-refractivity contribution in [2.45, 2.75) is 37.9 Å². The molecule has 0 spiro atoms. The number of pyridine rings is 1. The Morgan fingerprint density at radius 1 is 1.14 bits per heavy atom. The van der Waals surface area contributed by atoms with Gasteiger partial charge in [-0.15, -0.1) is 0 Å². The predicted molar refractivity (Wildman–Crippen MR) is 84.5 cm³/mol. The van der Waals surface area contributed by atoms with Gasteiger partial charge in [0.15, 0.2) is 0 Å². The molecule has 2 unspecified atom stereocenters. The molecule has 1 aromatic carbocycles. The van der Waals surface area contributed by atoms with Crippen LogP contribution >= 0.6 is 0 Å². The van der Waals surface area contributed by atoms with Crippen molar-refractivity contribution in [1.29, 1.82) is 0 Å². The molecule has 21 heavy (non-hydrogen) atoms. The molecule has 1 fully saturated rings. The van der Waals surface area contributed by atoms with Crippen LogP contribution in [-0.2, 0) is 6.54 Å². The van der Waals surface area contributed by atoms with E-state index in [1.54, 1.807) is 22.9 Å². The molecule has 2 atom stereocenters. The van der Waals surface area contributed by atoms with Gasteiger partial charge in [0.05, 0.1) is 0 Å². The van der Waals surface area contributed by atoms with E-state index in [0.717, 1.165) is 18.7 Å². The molecule has 4 nitrogen and oxygen atoms in total. The van der Waals surface area contributed by atoms with Crippen LogP contribution in [0.3, 0.4) is 0 Å². The van der Waals surface area contributed by atoms with Crippen LogP contribution in [0.5, 0.6) is 0 Å². The fourth-order valence-electron chi connectivity index (χ4n) is 2.91. The first-order valence-corrected chi connectivity index (χ1v) is 7.50. The maximum absolute atomic E-state index is 11.8. The minimum absolute atomic E-state index is 0.0136. The molecule has 0 radical (unpaired) electrons. The van der Waals surface area contributed by atoms with Crippen LogP contribution in [0.2, 0.25) is 0 Å². The Bertz CT molecular complexity index is 648. The number of aromatic nitrogens is 1. The summed E-state index contributed by atoms with van der Waals surface area (Å²) in [6.07, 6.45) is 5.29. The average molecular weight is 283 g/mol. The lowest BCUT2D eigenvalue weighted by Crippen LogP contribution is -2.40. The number of nitrogens with zero attached hydrogens (tertiary/aromatic N) is 1.